The van der Waals surface area contributed by atoms with E-state index in [2.05, 4.69) is 4.74 Å². The van der Waals surface area contributed by atoms with E-state index < -0.39 is 18.5 Å². The van der Waals surface area contributed by atoms with E-state index in [1.165, 1.54) is 0 Å². The Bertz CT molecular complexity index is 139. The average Bonchev–Trinajstić information content (AvgIpc) is 1.86. The lowest BCUT2D eigenvalue weighted by Crippen LogP contribution is -2.03. The van der Waals surface area contributed by atoms with Crippen molar-refractivity contribution in [2.45, 2.75) is 13.8 Å². The van der Waals surface area contributed by atoms with Gasteiger partial charge in [0.25, 0.3) is 0 Å². The third kappa shape index (κ3) is 5.91. The molecule has 0 radical (unpaired) electrons. The molecule has 11 heavy (non-hydrogen) atoms. The van der Waals surface area contributed by atoms with Gasteiger partial charge < -0.3 is 4.74 Å². The van der Waals surface area contributed by atoms with Crippen LogP contribution in [-0.2, 0) is 4.74 Å². The summed E-state index contributed by atoms with van der Waals surface area (Å²) in [7, 11) is 0. The van der Waals surface area contributed by atoms with Crippen LogP contribution in [0.15, 0.2) is 11.9 Å². The summed E-state index contributed by atoms with van der Waals surface area (Å²) >= 11 is 0. The third-order valence-corrected chi connectivity index (χ3v) is 0.885. The lowest BCUT2D eigenvalue weighted by atomic mass is 10.2. The molecule has 4 heteroatoms. The Hall–Kier alpha value is -0.510. The first-order valence-electron chi connectivity index (χ1n) is 3.31. The van der Waals surface area contributed by atoms with Crippen molar-refractivity contribution in [2.75, 3.05) is 13.2 Å². The van der Waals surface area contributed by atoms with Crippen LogP contribution >= 0.6 is 0 Å². The fourth-order valence-electron chi connectivity index (χ4n) is 0.439. The highest BCUT2D eigenvalue weighted by Crippen LogP contribution is 2.09. The van der Waals surface area contributed by atoms with Crippen molar-refractivity contribution in [3.05, 3.63) is 11.9 Å². The molecule has 0 unspecified atom stereocenters. The highest BCUT2D eigenvalue weighted by atomic mass is 19.3. The molecule has 1 nitrogen and oxygen atoms in total. The third-order valence-electron chi connectivity index (χ3n) is 0.885. The molecule has 0 amide bonds. The molecule has 66 valence electrons. The summed E-state index contributed by atoms with van der Waals surface area (Å²) in [5.74, 6) is -1.25. The Kier molecular flexibility index (Phi) is 4.94. The van der Waals surface area contributed by atoms with Gasteiger partial charge in [-0.05, 0) is 5.92 Å². The van der Waals surface area contributed by atoms with Gasteiger partial charge in [-0.1, -0.05) is 13.8 Å². The van der Waals surface area contributed by atoms with Crippen LogP contribution in [0.4, 0.5) is 13.2 Å². The molecular weight excluding hydrogens is 157 g/mol. The number of rotatable bonds is 4. The van der Waals surface area contributed by atoms with Crippen LogP contribution in [0.3, 0.4) is 0 Å². The summed E-state index contributed by atoms with van der Waals surface area (Å²) in [5.41, 5.74) is 0. The molecule has 0 heterocycles. The number of halogens is 3. The topological polar surface area (TPSA) is 9.23 Å². The molecule has 0 aromatic heterocycles. The van der Waals surface area contributed by atoms with E-state index in [0.29, 0.717) is 6.61 Å². The van der Waals surface area contributed by atoms with E-state index in [1.54, 1.807) is 0 Å². The van der Waals surface area contributed by atoms with Gasteiger partial charge in [-0.15, -0.1) is 0 Å². The van der Waals surface area contributed by atoms with Crippen molar-refractivity contribution in [2.24, 2.45) is 5.92 Å². The van der Waals surface area contributed by atoms with Gasteiger partial charge in [-0.3, -0.25) is 0 Å². The van der Waals surface area contributed by atoms with Gasteiger partial charge in [0.05, 0.1) is 0 Å². The fourth-order valence-corrected chi connectivity index (χ4v) is 0.439. The highest BCUT2D eigenvalue weighted by Gasteiger charge is 2.04. The first kappa shape index (κ1) is 10.5. The molecule has 0 bridgehead atoms. The second kappa shape index (κ2) is 5.18. The Labute approximate surface area is 63.8 Å². The molecule has 0 aromatic rings. The van der Waals surface area contributed by atoms with Gasteiger partial charge in [0.15, 0.2) is 5.83 Å². The minimum atomic E-state index is -2.30. The van der Waals surface area contributed by atoms with Crippen molar-refractivity contribution < 1.29 is 17.9 Å². The van der Waals surface area contributed by atoms with E-state index in [9.17, 15) is 13.2 Å². The van der Waals surface area contributed by atoms with Crippen LogP contribution in [0.5, 0.6) is 0 Å². The fraction of sp³-hybridized carbons (Fsp3) is 0.714. The number of hydrogen-bond acceptors (Lipinski definition) is 1. The first-order chi connectivity index (χ1) is 5.04. The van der Waals surface area contributed by atoms with E-state index in [0.717, 1.165) is 0 Å². The van der Waals surface area contributed by atoms with Crippen LogP contribution in [0.25, 0.3) is 0 Å². The summed E-state index contributed by atoms with van der Waals surface area (Å²) in [5, 5.41) is 0. The molecule has 0 fully saturated rings. The average molecular weight is 168 g/mol. The van der Waals surface area contributed by atoms with E-state index in [-0.39, 0.29) is 5.92 Å². The minimum Gasteiger partial charge on any atom is -0.374 e. The molecule has 0 saturated carbocycles. The van der Waals surface area contributed by atoms with Crippen molar-refractivity contribution in [3.8, 4) is 0 Å². The predicted molar refractivity (Wildman–Crippen MR) is 36.0 cm³/mol. The molecule has 0 spiro atoms. The Morgan fingerprint density at radius 3 is 2.18 bits per heavy atom. The second-order valence-corrected chi connectivity index (χ2v) is 2.57. The van der Waals surface area contributed by atoms with Crippen LogP contribution in [0.1, 0.15) is 13.8 Å². The maximum atomic E-state index is 12.0. The summed E-state index contributed by atoms with van der Waals surface area (Å²) < 4.78 is 39.3. The zero-order valence-corrected chi connectivity index (χ0v) is 6.53. The normalized spacial score (nSPS) is 10.4. The lowest BCUT2D eigenvalue weighted by Gasteiger charge is -2.03. The maximum Gasteiger partial charge on any atom is 0.303 e. The zero-order valence-electron chi connectivity index (χ0n) is 6.53. The van der Waals surface area contributed by atoms with Gasteiger partial charge in [-0.2, -0.15) is 8.78 Å². The summed E-state index contributed by atoms with van der Waals surface area (Å²) in [6.45, 7) is 3.38. The van der Waals surface area contributed by atoms with Crippen LogP contribution in [0.2, 0.25) is 0 Å². The maximum absolute atomic E-state index is 12.0. The van der Waals surface area contributed by atoms with Crippen molar-refractivity contribution in [1.29, 1.82) is 0 Å². The lowest BCUT2D eigenvalue weighted by molar-refractivity contribution is 0.112. The smallest absolute Gasteiger partial charge is 0.303 e. The first-order valence-corrected chi connectivity index (χ1v) is 3.31. The van der Waals surface area contributed by atoms with Gasteiger partial charge in [-0.25, -0.2) is 4.39 Å². The highest BCUT2D eigenvalue weighted by molar-refractivity contribution is 4.90. The standard InChI is InChI=1S/C7H11F3O/c1-5(2)3-11-4-6(8)7(9)10/h5H,3-4H2,1-2H3. The van der Waals surface area contributed by atoms with E-state index >= 15 is 0 Å². The molecule has 0 aliphatic rings. The van der Waals surface area contributed by atoms with Crippen LogP contribution < -0.4 is 0 Å². The quantitative estimate of drug-likeness (QED) is 0.627. The van der Waals surface area contributed by atoms with Gasteiger partial charge >= 0.3 is 6.08 Å². The molecule has 0 aliphatic carbocycles. The van der Waals surface area contributed by atoms with Gasteiger partial charge in [0.1, 0.15) is 6.61 Å². The number of ether oxygens (including phenoxy) is 1. The summed E-state index contributed by atoms with van der Waals surface area (Å²) in [4.78, 5) is 0. The Morgan fingerprint density at radius 2 is 1.82 bits per heavy atom. The SMILES string of the molecule is CC(C)COCC(F)=C(F)F. The van der Waals surface area contributed by atoms with Gasteiger partial charge in [0.2, 0.25) is 0 Å². The van der Waals surface area contributed by atoms with E-state index in [1.807, 2.05) is 13.8 Å². The molecule has 0 aliphatic heterocycles. The van der Waals surface area contributed by atoms with Crippen LogP contribution in [-0.4, -0.2) is 13.2 Å². The van der Waals surface area contributed by atoms with Crippen LogP contribution in [0, 0.1) is 5.92 Å². The molecule has 0 saturated heterocycles. The molecule has 0 atom stereocenters. The summed E-state index contributed by atoms with van der Waals surface area (Å²) in [6, 6.07) is 0. The minimum absolute atomic E-state index is 0.227. The largest absolute Gasteiger partial charge is 0.374 e. The molecular formula is C7H11F3O. The predicted octanol–water partition coefficient (Wildman–Crippen LogP) is 2.74. The number of hydrogen-bond donors (Lipinski definition) is 0. The van der Waals surface area contributed by atoms with Crippen molar-refractivity contribution in [1.82, 2.24) is 0 Å². The molecule has 0 aromatic carbocycles. The monoisotopic (exact) mass is 168 g/mol. The van der Waals surface area contributed by atoms with Crippen molar-refractivity contribution >= 4 is 0 Å². The molecule has 0 N–H and O–H groups in total. The van der Waals surface area contributed by atoms with Crippen molar-refractivity contribution in [3.63, 3.8) is 0 Å². The Balaban J connectivity index is 3.48. The van der Waals surface area contributed by atoms with E-state index in [4.69, 9.17) is 0 Å². The second-order valence-electron chi connectivity index (χ2n) is 2.57. The zero-order chi connectivity index (χ0) is 8.85. The summed E-state index contributed by atoms with van der Waals surface area (Å²) in [6.07, 6.45) is -2.30. The van der Waals surface area contributed by atoms with Gasteiger partial charge in [0, 0.05) is 6.61 Å². The Morgan fingerprint density at radius 1 is 1.27 bits per heavy atom. The molecule has 0 rings (SSSR count).